The Morgan fingerprint density at radius 3 is 2.55 bits per heavy atom. The lowest BCUT2D eigenvalue weighted by atomic mass is 10.1. The number of nitrogens with zero attached hydrogens (tertiary/aromatic N) is 5. The van der Waals surface area contributed by atoms with Crippen LogP contribution in [0.3, 0.4) is 0 Å². The highest BCUT2D eigenvalue weighted by Crippen LogP contribution is 2.20. The number of phenolic OH excluding ortho intramolecular Hbond substituents is 2. The Balaban J connectivity index is 1.36. The van der Waals surface area contributed by atoms with Gasteiger partial charge in [-0.3, -0.25) is 4.79 Å². The van der Waals surface area contributed by atoms with Gasteiger partial charge in [-0.2, -0.15) is 9.90 Å². The number of rotatable bonds is 6. The van der Waals surface area contributed by atoms with Crippen molar-refractivity contribution in [1.29, 1.82) is 0 Å². The zero-order valence-corrected chi connectivity index (χ0v) is 16.3. The molecule has 1 heterocycles. The zero-order chi connectivity index (χ0) is 21.6. The standard InChI is InChI=1S/C22H18N6O3/c29-19-11-10-18(20(30)12-19)13-23-25-22(31)17-8-6-15(7-9-17)14-28-26-21(24-27-28)16-4-2-1-3-5-16/h1-13,29-30H,14H2,(H,25,31)/b23-13+. The number of amides is 1. The van der Waals surface area contributed by atoms with E-state index in [2.05, 4.69) is 25.9 Å². The Labute approximate surface area is 177 Å². The lowest BCUT2D eigenvalue weighted by Gasteiger charge is -2.03. The first kappa shape index (κ1) is 19.8. The molecule has 0 bridgehead atoms. The van der Waals surface area contributed by atoms with Crippen LogP contribution in [0.4, 0.5) is 0 Å². The molecular formula is C22H18N6O3. The van der Waals surface area contributed by atoms with Gasteiger partial charge in [0.1, 0.15) is 11.5 Å². The molecule has 9 heteroatoms. The fraction of sp³-hybridized carbons (Fsp3) is 0.0455. The predicted octanol–water partition coefficient (Wildman–Crippen LogP) is 2.56. The predicted molar refractivity (Wildman–Crippen MR) is 114 cm³/mol. The van der Waals surface area contributed by atoms with Gasteiger partial charge in [0.25, 0.3) is 5.91 Å². The molecule has 0 aliphatic heterocycles. The van der Waals surface area contributed by atoms with Crippen molar-refractivity contribution in [3.05, 3.63) is 89.5 Å². The van der Waals surface area contributed by atoms with Gasteiger partial charge in [0.15, 0.2) is 0 Å². The number of hydrogen-bond donors (Lipinski definition) is 3. The van der Waals surface area contributed by atoms with Gasteiger partial charge in [-0.25, -0.2) is 5.43 Å². The summed E-state index contributed by atoms with van der Waals surface area (Å²) in [5.41, 5.74) is 4.98. The first-order valence-electron chi connectivity index (χ1n) is 9.36. The SMILES string of the molecule is O=C(N/N=C/c1ccc(O)cc1O)c1ccc(Cn2nnc(-c3ccccc3)n2)cc1. The molecule has 0 fully saturated rings. The highest BCUT2D eigenvalue weighted by Gasteiger charge is 2.08. The zero-order valence-electron chi connectivity index (χ0n) is 16.3. The van der Waals surface area contributed by atoms with Gasteiger partial charge in [-0.05, 0) is 35.0 Å². The molecular weight excluding hydrogens is 396 g/mol. The van der Waals surface area contributed by atoms with Crippen molar-refractivity contribution in [2.24, 2.45) is 5.10 Å². The van der Waals surface area contributed by atoms with Crippen molar-refractivity contribution in [2.45, 2.75) is 6.54 Å². The molecule has 0 radical (unpaired) electrons. The molecule has 4 aromatic rings. The van der Waals surface area contributed by atoms with E-state index in [1.807, 2.05) is 30.3 Å². The maximum atomic E-state index is 12.2. The summed E-state index contributed by atoms with van der Waals surface area (Å²) in [6, 6.07) is 20.6. The van der Waals surface area contributed by atoms with Crippen LogP contribution >= 0.6 is 0 Å². The van der Waals surface area contributed by atoms with Crippen molar-refractivity contribution >= 4 is 12.1 Å². The van der Waals surface area contributed by atoms with Crippen molar-refractivity contribution in [3.8, 4) is 22.9 Å². The summed E-state index contributed by atoms with van der Waals surface area (Å²) < 4.78 is 0. The van der Waals surface area contributed by atoms with Crippen LogP contribution in [0, 0.1) is 0 Å². The minimum atomic E-state index is -0.397. The first-order chi connectivity index (χ1) is 15.1. The molecule has 0 saturated heterocycles. The molecule has 0 aliphatic rings. The Kier molecular flexibility index (Phi) is 5.66. The fourth-order valence-electron chi connectivity index (χ4n) is 2.80. The van der Waals surface area contributed by atoms with E-state index in [1.54, 1.807) is 24.3 Å². The molecule has 0 aliphatic carbocycles. The minimum absolute atomic E-state index is 0.0591. The van der Waals surface area contributed by atoms with Crippen LogP contribution in [0.15, 0.2) is 77.9 Å². The lowest BCUT2D eigenvalue weighted by molar-refractivity contribution is 0.0955. The molecule has 0 spiro atoms. The summed E-state index contributed by atoms with van der Waals surface area (Å²) in [5, 5.41) is 35.3. The largest absolute Gasteiger partial charge is 0.508 e. The quantitative estimate of drug-likeness (QED) is 0.329. The molecule has 3 N–H and O–H groups in total. The topological polar surface area (TPSA) is 126 Å². The van der Waals surface area contributed by atoms with Crippen LogP contribution in [0.1, 0.15) is 21.5 Å². The van der Waals surface area contributed by atoms with E-state index in [0.29, 0.717) is 23.5 Å². The molecule has 0 atom stereocenters. The number of tetrazole rings is 1. The molecule has 31 heavy (non-hydrogen) atoms. The van der Waals surface area contributed by atoms with E-state index < -0.39 is 5.91 Å². The summed E-state index contributed by atoms with van der Waals surface area (Å²) in [7, 11) is 0. The molecule has 9 nitrogen and oxygen atoms in total. The van der Waals surface area contributed by atoms with Gasteiger partial charge in [-0.15, -0.1) is 10.2 Å². The second-order valence-corrected chi connectivity index (χ2v) is 6.65. The molecule has 1 aromatic heterocycles. The first-order valence-corrected chi connectivity index (χ1v) is 9.36. The normalized spacial score (nSPS) is 11.0. The summed E-state index contributed by atoms with van der Waals surface area (Å²) in [4.78, 5) is 13.7. The van der Waals surface area contributed by atoms with Crippen LogP contribution in [-0.4, -0.2) is 42.5 Å². The van der Waals surface area contributed by atoms with Gasteiger partial charge in [0.2, 0.25) is 5.82 Å². The Bertz CT molecular complexity index is 1220. The number of hydrogen-bond acceptors (Lipinski definition) is 7. The van der Waals surface area contributed by atoms with Gasteiger partial charge in [0.05, 0.1) is 12.8 Å². The molecule has 3 aromatic carbocycles. The second-order valence-electron chi connectivity index (χ2n) is 6.65. The van der Waals surface area contributed by atoms with Gasteiger partial charge in [-0.1, -0.05) is 42.5 Å². The van der Waals surface area contributed by atoms with Crippen LogP contribution in [0.2, 0.25) is 0 Å². The third-order valence-electron chi connectivity index (χ3n) is 4.41. The average molecular weight is 414 g/mol. The summed E-state index contributed by atoms with van der Waals surface area (Å²) >= 11 is 0. The average Bonchev–Trinajstić information content (AvgIpc) is 3.25. The van der Waals surface area contributed by atoms with E-state index in [1.165, 1.54) is 29.2 Å². The summed E-state index contributed by atoms with van der Waals surface area (Å²) in [6.45, 7) is 0.417. The van der Waals surface area contributed by atoms with E-state index in [-0.39, 0.29) is 11.5 Å². The lowest BCUT2D eigenvalue weighted by Crippen LogP contribution is -2.17. The van der Waals surface area contributed by atoms with Crippen LogP contribution in [-0.2, 0) is 6.54 Å². The number of nitrogens with one attached hydrogen (secondary N) is 1. The third-order valence-corrected chi connectivity index (χ3v) is 4.41. The highest BCUT2D eigenvalue weighted by molar-refractivity contribution is 5.95. The van der Waals surface area contributed by atoms with Gasteiger partial charge >= 0.3 is 0 Å². The molecule has 4 rings (SSSR count). The molecule has 0 unspecified atom stereocenters. The smallest absolute Gasteiger partial charge is 0.271 e. The maximum absolute atomic E-state index is 12.2. The minimum Gasteiger partial charge on any atom is -0.508 e. The van der Waals surface area contributed by atoms with Crippen LogP contribution in [0.25, 0.3) is 11.4 Å². The summed E-state index contributed by atoms with van der Waals surface area (Å²) in [6.07, 6.45) is 1.29. The van der Waals surface area contributed by atoms with Crippen molar-refractivity contribution in [1.82, 2.24) is 25.6 Å². The maximum Gasteiger partial charge on any atom is 0.271 e. The number of carbonyl (C=O) groups is 1. The Morgan fingerprint density at radius 1 is 1.03 bits per heavy atom. The van der Waals surface area contributed by atoms with Crippen molar-refractivity contribution in [2.75, 3.05) is 0 Å². The monoisotopic (exact) mass is 414 g/mol. The molecule has 1 amide bonds. The molecule has 0 saturated carbocycles. The number of carbonyl (C=O) groups excluding carboxylic acids is 1. The van der Waals surface area contributed by atoms with Crippen molar-refractivity contribution in [3.63, 3.8) is 0 Å². The van der Waals surface area contributed by atoms with Crippen LogP contribution < -0.4 is 5.43 Å². The Morgan fingerprint density at radius 2 is 1.81 bits per heavy atom. The van der Waals surface area contributed by atoms with E-state index >= 15 is 0 Å². The van der Waals surface area contributed by atoms with E-state index in [4.69, 9.17) is 0 Å². The van der Waals surface area contributed by atoms with Crippen LogP contribution in [0.5, 0.6) is 11.5 Å². The van der Waals surface area contributed by atoms with Gasteiger partial charge < -0.3 is 10.2 Å². The summed E-state index contributed by atoms with van der Waals surface area (Å²) in [5.74, 6) is -0.0453. The third kappa shape index (κ3) is 4.91. The number of aromatic nitrogens is 4. The Hall–Kier alpha value is -4.53. The number of aromatic hydroxyl groups is 2. The van der Waals surface area contributed by atoms with Gasteiger partial charge in [0, 0.05) is 22.8 Å². The fourth-order valence-corrected chi connectivity index (χ4v) is 2.80. The number of phenols is 2. The second kappa shape index (κ2) is 8.87. The van der Waals surface area contributed by atoms with Crippen molar-refractivity contribution < 1.29 is 15.0 Å². The van der Waals surface area contributed by atoms with E-state index in [0.717, 1.165) is 11.1 Å². The number of hydrazone groups is 1. The number of benzene rings is 3. The molecule has 154 valence electrons. The highest BCUT2D eigenvalue weighted by atomic mass is 16.3. The van der Waals surface area contributed by atoms with E-state index in [9.17, 15) is 15.0 Å².